The van der Waals surface area contributed by atoms with Crippen LogP contribution in [-0.4, -0.2) is 46.2 Å². The lowest BCUT2D eigenvalue weighted by Crippen LogP contribution is -2.39. The van der Waals surface area contributed by atoms with Crippen LogP contribution in [0.15, 0.2) is 0 Å². The number of ether oxygens (including phenoxy) is 1. The van der Waals surface area contributed by atoms with E-state index in [-0.39, 0.29) is 24.7 Å². The van der Waals surface area contributed by atoms with Crippen LogP contribution in [0.3, 0.4) is 0 Å². The summed E-state index contributed by atoms with van der Waals surface area (Å²) in [5, 5.41) is 18.0. The second-order valence-corrected chi connectivity index (χ2v) is 6.75. The molecule has 3 rings (SSSR count). The Morgan fingerprint density at radius 2 is 2.17 bits per heavy atom. The van der Waals surface area contributed by atoms with Crippen molar-refractivity contribution in [3.8, 4) is 0 Å². The van der Waals surface area contributed by atoms with E-state index in [1.807, 2.05) is 6.92 Å². The number of hydrogen-bond acceptors (Lipinski definition) is 4. The van der Waals surface area contributed by atoms with E-state index in [4.69, 9.17) is 4.74 Å². The number of hydrogen-bond donors (Lipinski definition) is 2. The van der Waals surface area contributed by atoms with Gasteiger partial charge in [0.25, 0.3) is 12.3 Å². The van der Waals surface area contributed by atoms with Crippen LogP contribution in [0.2, 0.25) is 0 Å². The molecule has 2 N–H and O–H groups in total. The van der Waals surface area contributed by atoms with E-state index in [9.17, 15) is 22.7 Å². The van der Waals surface area contributed by atoms with Gasteiger partial charge in [-0.15, -0.1) is 0 Å². The van der Waals surface area contributed by atoms with Crippen LogP contribution in [-0.2, 0) is 30.2 Å². The third-order valence-corrected chi connectivity index (χ3v) is 4.57. The number of aromatic nitrogens is 2. The molecular formula is C15H21F4N3O2. The summed E-state index contributed by atoms with van der Waals surface area (Å²) in [6.45, 7) is 0.805. The first-order valence-corrected chi connectivity index (χ1v) is 7.99. The van der Waals surface area contributed by atoms with Crippen molar-refractivity contribution in [2.45, 2.75) is 63.3 Å². The van der Waals surface area contributed by atoms with Gasteiger partial charge in [-0.2, -0.15) is 13.9 Å². The Bertz CT molecular complexity index is 608. The Kier molecular flexibility index (Phi) is 4.61. The van der Waals surface area contributed by atoms with Crippen molar-refractivity contribution in [2.75, 3.05) is 13.2 Å². The molecule has 0 saturated heterocycles. The molecule has 9 heteroatoms. The average molecular weight is 351 g/mol. The Labute approximate surface area is 137 Å². The van der Waals surface area contributed by atoms with Gasteiger partial charge in [0.15, 0.2) is 0 Å². The normalized spacial score (nSPS) is 29.2. The maximum absolute atomic E-state index is 14.6. The summed E-state index contributed by atoms with van der Waals surface area (Å²) < 4.78 is 59.5. The summed E-state index contributed by atoms with van der Waals surface area (Å²) >= 11 is 0. The molecule has 0 unspecified atom stereocenters. The van der Waals surface area contributed by atoms with Gasteiger partial charge in [0.1, 0.15) is 17.9 Å². The van der Waals surface area contributed by atoms with Gasteiger partial charge in [-0.05, 0) is 13.3 Å². The molecule has 5 nitrogen and oxygen atoms in total. The van der Waals surface area contributed by atoms with Crippen molar-refractivity contribution < 1.29 is 27.4 Å². The fourth-order valence-electron chi connectivity index (χ4n) is 3.38. The summed E-state index contributed by atoms with van der Waals surface area (Å²) in [5.74, 6) is -3.13. The van der Waals surface area contributed by atoms with Crippen LogP contribution in [0.1, 0.15) is 36.7 Å². The van der Waals surface area contributed by atoms with E-state index in [1.165, 1.54) is 0 Å². The highest BCUT2D eigenvalue weighted by Gasteiger charge is 2.47. The lowest BCUT2D eigenvalue weighted by Gasteiger charge is -2.26. The maximum atomic E-state index is 14.6. The molecule has 1 aromatic rings. The van der Waals surface area contributed by atoms with E-state index in [1.54, 1.807) is 0 Å². The van der Waals surface area contributed by atoms with Gasteiger partial charge in [-0.1, -0.05) is 0 Å². The Morgan fingerprint density at radius 3 is 2.88 bits per heavy atom. The zero-order valence-electron chi connectivity index (χ0n) is 13.4. The van der Waals surface area contributed by atoms with Crippen molar-refractivity contribution >= 4 is 0 Å². The molecule has 0 saturated carbocycles. The fraction of sp³-hybridized carbons (Fsp3) is 0.800. The van der Waals surface area contributed by atoms with Crippen LogP contribution in [0, 0.1) is 0 Å². The summed E-state index contributed by atoms with van der Waals surface area (Å²) in [6, 6.07) is 0.138. The fourth-order valence-corrected chi connectivity index (χ4v) is 3.38. The summed E-state index contributed by atoms with van der Waals surface area (Å²) in [5.41, 5.74) is -0.733. The molecule has 0 aliphatic carbocycles. The molecule has 2 aliphatic rings. The first-order valence-electron chi connectivity index (χ1n) is 7.99. The number of fused-ring (bicyclic) bond motifs is 3. The summed E-state index contributed by atoms with van der Waals surface area (Å²) in [6.07, 6.45) is -2.95. The van der Waals surface area contributed by atoms with E-state index >= 15 is 0 Å². The first-order chi connectivity index (χ1) is 11.2. The monoisotopic (exact) mass is 351 g/mol. The number of halogens is 4. The predicted octanol–water partition coefficient (Wildman–Crippen LogP) is 1.82. The van der Waals surface area contributed by atoms with E-state index in [0.29, 0.717) is 24.2 Å². The topological polar surface area (TPSA) is 59.3 Å². The highest BCUT2D eigenvalue weighted by Crippen LogP contribution is 2.42. The number of alkyl halides is 4. The molecule has 0 fully saturated rings. The Balaban J connectivity index is 1.88. The standard InChI is InChI=1S/C15H21F4N3O2/c1-9-4-11-10(5-20-9)13-15(18,19)3-2-14(23,7-22(13)21-11)8-24-6-12(16)17/h9,12,20,23H,2-8H2,1H3/t9-,14-/m1/s1. The zero-order chi connectivity index (χ0) is 17.5. The molecule has 0 spiro atoms. The highest BCUT2D eigenvalue weighted by atomic mass is 19.3. The minimum Gasteiger partial charge on any atom is -0.386 e. The van der Waals surface area contributed by atoms with Crippen molar-refractivity contribution in [3.05, 3.63) is 17.0 Å². The largest absolute Gasteiger partial charge is 0.386 e. The van der Waals surface area contributed by atoms with Crippen molar-refractivity contribution in [3.63, 3.8) is 0 Å². The van der Waals surface area contributed by atoms with E-state index < -0.39 is 37.6 Å². The van der Waals surface area contributed by atoms with Crippen LogP contribution in [0.25, 0.3) is 0 Å². The number of nitrogens with one attached hydrogen (secondary N) is 1. The predicted molar refractivity (Wildman–Crippen MR) is 77.1 cm³/mol. The Hall–Kier alpha value is -1.19. The number of aliphatic hydroxyl groups is 1. The second kappa shape index (κ2) is 6.27. The SMILES string of the molecule is C[C@@H]1Cc2nn3c(c2CN1)C(F)(F)CC[C@](O)(COCC(F)F)C3. The van der Waals surface area contributed by atoms with Gasteiger partial charge in [0.05, 0.1) is 18.8 Å². The molecule has 0 amide bonds. The molecule has 0 radical (unpaired) electrons. The molecule has 0 bridgehead atoms. The van der Waals surface area contributed by atoms with Gasteiger partial charge >= 0.3 is 0 Å². The summed E-state index contributed by atoms with van der Waals surface area (Å²) in [7, 11) is 0. The van der Waals surface area contributed by atoms with Gasteiger partial charge < -0.3 is 15.2 Å². The Morgan fingerprint density at radius 1 is 1.42 bits per heavy atom. The zero-order valence-corrected chi connectivity index (χ0v) is 13.4. The molecule has 3 heterocycles. The van der Waals surface area contributed by atoms with Gasteiger partial charge in [0, 0.05) is 31.0 Å². The van der Waals surface area contributed by atoms with Gasteiger partial charge in [-0.3, -0.25) is 4.68 Å². The first kappa shape index (κ1) is 17.6. The van der Waals surface area contributed by atoms with Crippen LogP contribution < -0.4 is 5.32 Å². The minimum atomic E-state index is -3.13. The molecule has 1 aromatic heterocycles. The summed E-state index contributed by atoms with van der Waals surface area (Å²) in [4.78, 5) is 0. The maximum Gasteiger partial charge on any atom is 0.289 e. The smallest absolute Gasteiger partial charge is 0.289 e. The molecule has 2 atom stereocenters. The van der Waals surface area contributed by atoms with Crippen LogP contribution in [0.4, 0.5) is 17.6 Å². The van der Waals surface area contributed by atoms with Crippen molar-refractivity contribution in [1.29, 1.82) is 0 Å². The highest BCUT2D eigenvalue weighted by molar-refractivity contribution is 5.33. The van der Waals surface area contributed by atoms with Crippen LogP contribution in [0.5, 0.6) is 0 Å². The second-order valence-electron chi connectivity index (χ2n) is 6.75. The minimum absolute atomic E-state index is 0.138. The van der Waals surface area contributed by atoms with Gasteiger partial charge in [-0.25, -0.2) is 8.78 Å². The quantitative estimate of drug-likeness (QED) is 0.813. The number of rotatable bonds is 4. The molecule has 24 heavy (non-hydrogen) atoms. The average Bonchev–Trinajstić information content (AvgIpc) is 2.77. The molecule has 136 valence electrons. The third kappa shape index (κ3) is 3.43. The number of nitrogens with zero attached hydrogens (tertiary/aromatic N) is 2. The lowest BCUT2D eigenvalue weighted by atomic mass is 9.95. The van der Waals surface area contributed by atoms with Gasteiger partial charge in [0.2, 0.25) is 0 Å². The molecule has 0 aromatic carbocycles. The molecule has 2 aliphatic heterocycles. The van der Waals surface area contributed by atoms with E-state index in [0.717, 1.165) is 4.68 Å². The van der Waals surface area contributed by atoms with Crippen molar-refractivity contribution in [2.24, 2.45) is 0 Å². The third-order valence-electron chi connectivity index (χ3n) is 4.57. The lowest BCUT2D eigenvalue weighted by molar-refractivity contribution is -0.0926. The van der Waals surface area contributed by atoms with E-state index in [2.05, 4.69) is 10.4 Å². The van der Waals surface area contributed by atoms with Crippen molar-refractivity contribution in [1.82, 2.24) is 15.1 Å². The molecular weight excluding hydrogens is 330 g/mol. The van der Waals surface area contributed by atoms with Crippen LogP contribution >= 0.6 is 0 Å².